The smallest absolute Gasteiger partial charge is 0.273 e. The number of ketones is 1. The zero-order valence-corrected chi connectivity index (χ0v) is 14.8. The highest BCUT2D eigenvalue weighted by atomic mass is 32.1. The van der Waals surface area contributed by atoms with Crippen molar-refractivity contribution in [3.8, 4) is 0 Å². The maximum atomic E-state index is 13.1. The van der Waals surface area contributed by atoms with Gasteiger partial charge in [-0.15, -0.1) is 0 Å². The SMILES string of the molecule is Cc1c(/C=C2/NC(=S)NC2=O)c2ccccn2c1C(=O)c1ccccc1. The predicted octanol–water partition coefficient (Wildman–Crippen LogP) is 2.82. The van der Waals surface area contributed by atoms with Gasteiger partial charge in [-0.1, -0.05) is 36.4 Å². The van der Waals surface area contributed by atoms with E-state index in [1.165, 1.54) is 0 Å². The number of pyridine rings is 1. The van der Waals surface area contributed by atoms with E-state index in [0.717, 1.165) is 16.6 Å². The fourth-order valence-electron chi connectivity index (χ4n) is 3.17. The monoisotopic (exact) mass is 361 g/mol. The number of benzene rings is 1. The first kappa shape index (κ1) is 16.2. The molecule has 6 heteroatoms. The van der Waals surface area contributed by atoms with Gasteiger partial charge >= 0.3 is 0 Å². The van der Waals surface area contributed by atoms with Crippen LogP contribution < -0.4 is 10.6 Å². The van der Waals surface area contributed by atoms with Gasteiger partial charge in [-0.05, 0) is 42.9 Å². The second-order valence-electron chi connectivity index (χ2n) is 6.00. The summed E-state index contributed by atoms with van der Waals surface area (Å²) in [5.74, 6) is -0.339. The number of fused-ring (bicyclic) bond motifs is 1. The summed E-state index contributed by atoms with van der Waals surface area (Å²) < 4.78 is 1.86. The van der Waals surface area contributed by atoms with Crippen molar-refractivity contribution in [2.45, 2.75) is 6.92 Å². The summed E-state index contributed by atoms with van der Waals surface area (Å²) in [5.41, 5.74) is 4.05. The molecule has 1 amide bonds. The molecule has 1 aromatic carbocycles. The number of nitrogens with one attached hydrogen (secondary N) is 2. The van der Waals surface area contributed by atoms with Crippen molar-refractivity contribution >= 4 is 40.6 Å². The van der Waals surface area contributed by atoms with Crippen LogP contribution in [0.4, 0.5) is 0 Å². The van der Waals surface area contributed by atoms with Gasteiger partial charge in [-0.3, -0.25) is 14.9 Å². The van der Waals surface area contributed by atoms with Gasteiger partial charge in [0.15, 0.2) is 5.11 Å². The number of amides is 1. The predicted molar refractivity (Wildman–Crippen MR) is 104 cm³/mol. The largest absolute Gasteiger partial charge is 0.328 e. The van der Waals surface area contributed by atoms with Crippen LogP contribution in [-0.2, 0) is 4.79 Å². The number of carbonyl (C=O) groups excluding carboxylic acids is 2. The van der Waals surface area contributed by atoms with E-state index >= 15 is 0 Å². The molecule has 26 heavy (non-hydrogen) atoms. The van der Waals surface area contributed by atoms with Crippen molar-refractivity contribution in [2.75, 3.05) is 0 Å². The molecule has 3 heterocycles. The molecule has 0 atom stereocenters. The summed E-state index contributed by atoms with van der Waals surface area (Å²) >= 11 is 4.99. The maximum absolute atomic E-state index is 13.1. The Hall–Kier alpha value is -3.25. The molecule has 1 fully saturated rings. The van der Waals surface area contributed by atoms with Crippen LogP contribution in [0, 0.1) is 6.92 Å². The van der Waals surface area contributed by atoms with E-state index in [4.69, 9.17) is 12.2 Å². The van der Waals surface area contributed by atoms with Crippen LogP contribution >= 0.6 is 12.2 Å². The Bertz CT molecular complexity index is 1100. The average Bonchev–Trinajstić information content (AvgIpc) is 3.12. The van der Waals surface area contributed by atoms with Gasteiger partial charge in [-0.25, -0.2) is 0 Å². The van der Waals surface area contributed by atoms with Crippen LogP contribution in [0.5, 0.6) is 0 Å². The molecule has 2 N–H and O–H groups in total. The van der Waals surface area contributed by atoms with E-state index < -0.39 is 0 Å². The molecule has 5 nitrogen and oxygen atoms in total. The number of aromatic nitrogens is 1. The lowest BCUT2D eigenvalue weighted by molar-refractivity contribution is -0.115. The van der Waals surface area contributed by atoms with Gasteiger partial charge in [0.2, 0.25) is 5.78 Å². The average molecular weight is 361 g/mol. The van der Waals surface area contributed by atoms with Crippen LogP contribution in [0.25, 0.3) is 11.6 Å². The summed E-state index contributed by atoms with van der Waals surface area (Å²) in [6.07, 6.45) is 3.59. The number of nitrogens with zero attached hydrogens (tertiary/aromatic N) is 1. The third-order valence-electron chi connectivity index (χ3n) is 4.40. The molecule has 1 aliphatic rings. The lowest BCUT2D eigenvalue weighted by atomic mass is 10.0. The number of rotatable bonds is 3. The van der Waals surface area contributed by atoms with E-state index in [1.54, 1.807) is 18.2 Å². The Morgan fingerprint density at radius 3 is 2.50 bits per heavy atom. The van der Waals surface area contributed by atoms with E-state index in [9.17, 15) is 9.59 Å². The molecule has 1 aliphatic heterocycles. The molecule has 0 bridgehead atoms. The molecule has 0 aliphatic carbocycles. The zero-order chi connectivity index (χ0) is 18.3. The lowest BCUT2D eigenvalue weighted by Crippen LogP contribution is -2.21. The van der Waals surface area contributed by atoms with Crippen molar-refractivity contribution in [3.05, 3.63) is 82.8 Å². The molecule has 1 saturated heterocycles. The van der Waals surface area contributed by atoms with Crippen molar-refractivity contribution in [3.63, 3.8) is 0 Å². The minimum atomic E-state index is -0.277. The summed E-state index contributed by atoms with van der Waals surface area (Å²) in [5, 5.41) is 5.68. The second kappa shape index (κ2) is 6.24. The van der Waals surface area contributed by atoms with Crippen LogP contribution in [0.1, 0.15) is 27.2 Å². The number of carbonyl (C=O) groups is 2. The minimum absolute atomic E-state index is 0.0618. The maximum Gasteiger partial charge on any atom is 0.273 e. The molecule has 128 valence electrons. The van der Waals surface area contributed by atoms with Crippen molar-refractivity contribution in [2.24, 2.45) is 0 Å². The molecular weight excluding hydrogens is 346 g/mol. The van der Waals surface area contributed by atoms with Gasteiger partial charge in [0.05, 0.1) is 11.2 Å². The zero-order valence-electron chi connectivity index (χ0n) is 13.9. The first-order valence-electron chi connectivity index (χ1n) is 8.09. The Morgan fingerprint density at radius 1 is 1.08 bits per heavy atom. The number of hydrogen-bond donors (Lipinski definition) is 2. The Labute approximate surface area is 155 Å². The van der Waals surface area contributed by atoms with Crippen molar-refractivity contribution in [1.82, 2.24) is 15.0 Å². The lowest BCUT2D eigenvalue weighted by Gasteiger charge is -2.03. The summed E-state index contributed by atoms with van der Waals surface area (Å²) in [7, 11) is 0. The van der Waals surface area contributed by atoms with Gasteiger partial charge in [0.1, 0.15) is 5.70 Å². The molecule has 0 unspecified atom stereocenters. The molecule has 4 rings (SSSR count). The van der Waals surface area contributed by atoms with Gasteiger partial charge in [0.25, 0.3) is 5.91 Å². The van der Waals surface area contributed by atoms with E-state index in [2.05, 4.69) is 10.6 Å². The molecule has 0 radical (unpaired) electrons. The van der Waals surface area contributed by atoms with Crippen LogP contribution in [0.2, 0.25) is 0 Å². The van der Waals surface area contributed by atoms with Crippen molar-refractivity contribution in [1.29, 1.82) is 0 Å². The van der Waals surface area contributed by atoms with Gasteiger partial charge in [-0.2, -0.15) is 0 Å². The third kappa shape index (κ3) is 2.60. The number of hydrogen-bond acceptors (Lipinski definition) is 3. The second-order valence-corrected chi connectivity index (χ2v) is 6.41. The Morgan fingerprint density at radius 2 is 1.81 bits per heavy atom. The minimum Gasteiger partial charge on any atom is -0.328 e. The van der Waals surface area contributed by atoms with Gasteiger partial charge in [0, 0.05) is 17.3 Å². The first-order chi connectivity index (χ1) is 12.6. The van der Waals surface area contributed by atoms with Crippen LogP contribution in [0.15, 0.2) is 60.4 Å². The summed E-state index contributed by atoms with van der Waals surface area (Å²) in [4.78, 5) is 25.1. The third-order valence-corrected chi connectivity index (χ3v) is 4.60. The topological polar surface area (TPSA) is 62.6 Å². The van der Waals surface area contributed by atoms with Crippen molar-refractivity contribution < 1.29 is 9.59 Å². The normalized spacial score (nSPS) is 15.3. The molecule has 3 aromatic rings. The number of thiocarbonyl (C=S) groups is 1. The highest BCUT2D eigenvalue weighted by Gasteiger charge is 2.24. The van der Waals surface area contributed by atoms with Crippen LogP contribution in [0.3, 0.4) is 0 Å². The standard InChI is InChI=1S/C20H15N3O2S/c1-12-14(11-15-19(25)22-20(26)21-15)16-9-5-6-10-23(16)17(12)18(24)13-7-3-2-4-8-13/h2-11H,1H3,(H2,21,22,25,26)/b15-11+. The first-order valence-corrected chi connectivity index (χ1v) is 8.50. The molecule has 0 saturated carbocycles. The molecule has 0 spiro atoms. The highest BCUT2D eigenvalue weighted by molar-refractivity contribution is 7.80. The Balaban J connectivity index is 1.92. The van der Waals surface area contributed by atoms with E-state index in [0.29, 0.717) is 17.0 Å². The van der Waals surface area contributed by atoms with E-state index in [1.807, 2.05) is 53.9 Å². The van der Waals surface area contributed by atoms with E-state index in [-0.39, 0.29) is 16.8 Å². The van der Waals surface area contributed by atoms with Crippen LogP contribution in [-0.4, -0.2) is 21.2 Å². The molecular formula is C20H15N3O2S. The van der Waals surface area contributed by atoms with Gasteiger partial charge < -0.3 is 9.72 Å². The fourth-order valence-corrected chi connectivity index (χ4v) is 3.38. The highest BCUT2D eigenvalue weighted by Crippen LogP contribution is 2.27. The fraction of sp³-hybridized carbons (Fsp3) is 0.0500. The molecule has 2 aromatic heterocycles. The summed E-state index contributed by atoms with van der Waals surface area (Å²) in [6.45, 7) is 1.89. The summed E-state index contributed by atoms with van der Waals surface area (Å²) in [6, 6.07) is 14.9. The Kier molecular flexibility index (Phi) is 3.89. The quantitative estimate of drug-likeness (QED) is 0.428.